The second-order valence-electron chi connectivity index (χ2n) is 9.78. The number of nitrogens with one attached hydrogen (secondary N) is 3. The van der Waals surface area contributed by atoms with Gasteiger partial charge in [0.2, 0.25) is 5.95 Å². The highest BCUT2D eigenvalue weighted by atomic mass is 35.5. The number of nitrogens with zero attached hydrogens (tertiary/aromatic N) is 3. The molecule has 0 aliphatic rings. The van der Waals surface area contributed by atoms with Gasteiger partial charge in [0.05, 0.1) is 38.7 Å². The van der Waals surface area contributed by atoms with Crippen LogP contribution >= 0.6 is 23.2 Å². The zero-order valence-electron chi connectivity index (χ0n) is 24.6. The van der Waals surface area contributed by atoms with Crippen molar-refractivity contribution in [1.29, 1.82) is 0 Å². The summed E-state index contributed by atoms with van der Waals surface area (Å²) >= 11 is 12.0. The van der Waals surface area contributed by atoms with Crippen molar-refractivity contribution in [3.63, 3.8) is 0 Å². The van der Waals surface area contributed by atoms with Crippen LogP contribution in [0.2, 0.25) is 10.0 Å². The monoisotopic (exact) mass is 710 g/mol. The third-order valence-electron chi connectivity index (χ3n) is 6.24. The molecule has 4 rings (SSSR count). The van der Waals surface area contributed by atoms with Gasteiger partial charge in [-0.05, 0) is 67.9 Å². The summed E-state index contributed by atoms with van der Waals surface area (Å²) in [6.07, 6.45) is 1.84. The van der Waals surface area contributed by atoms with Crippen molar-refractivity contribution in [2.45, 2.75) is 29.7 Å². The first-order chi connectivity index (χ1) is 21.7. The number of hydrogen-bond donors (Lipinski definition) is 4. The first-order valence-electron chi connectivity index (χ1n) is 13.5. The minimum absolute atomic E-state index is 0.0286. The Morgan fingerprint density at radius 1 is 1.11 bits per heavy atom. The van der Waals surface area contributed by atoms with Crippen molar-refractivity contribution in [2.75, 3.05) is 34.8 Å². The summed E-state index contributed by atoms with van der Waals surface area (Å²) < 4.78 is 64.5. The molecule has 3 aromatic carbocycles. The van der Waals surface area contributed by atoms with Gasteiger partial charge in [0, 0.05) is 34.6 Å². The second-order valence-corrected chi connectivity index (χ2v) is 14.5. The minimum Gasteiger partial charge on any atom is -0.448 e. The highest BCUT2D eigenvalue weighted by Gasteiger charge is 2.22. The minimum atomic E-state index is -4.27. The van der Waals surface area contributed by atoms with Crippen LogP contribution in [0.3, 0.4) is 0 Å². The highest BCUT2D eigenvalue weighted by Crippen LogP contribution is 2.33. The van der Waals surface area contributed by atoms with Crippen LogP contribution in [0, 0.1) is 5.82 Å². The number of hydrogen-bond acceptors (Lipinski definition) is 10. The lowest BCUT2D eigenvalue weighted by molar-refractivity contribution is 0.164. The van der Waals surface area contributed by atoms with Crippen molar-refractivity contribution in [2.24, 2.45) is 4.36 Å². The summed E-state index contributed by atoms with van der Waals surface area (Å²) in [5.74, 6) is -0.496. The number of halogens is 3. The van der Waals surface area contributed by atoms with Crippen molar-refractivity contribution >= 4 is 72.2 Å². The molecule has 0 fully saturated rings. The number of aromatic nitrogens is 2. The highest BCUT2D eigenvalue weighted by molar-refractivity contribution is 7.93. The molecule has 46 heavy (non-hydrogen) atoms. The molecule has 0 radical (unpaired) electrons. The third kappa shape index (κ3) is 8.41. The number of benzene rings is 3. The number of aliphatic hydroxyl groups is 1. The number of anilines is 4. The Morgan fingerprint density at radius 2 is 1.83 bits per heavy atom. The van der Waals surface area contributed by atoms with Gasteiger partial charge in [-0.2, -0.15) is 4.98 Å². The topological polar surface area (TPSA) is 172 Å². The van der Waals surface area contributed by atoms with Gasteiger partial charge in [-0.1, -0.05) is 35.3 Å². The lowest BCUT2D eigenvalue weighted by Crippen LogP contribution is -2.21. The average molecular weight is 712 g/mol. The summed E-state index contributed by atoms with van der Waals surface area (Å²) in [4.78, 5) is 20.5. The Hall–Kier alpha value is -4.02. The van der Waals surface area contributed by atoms with Gasteiger partial charge in [-0.25, -0.2) is 26.8 Å². The van der Waals surface area contributed by atoms with E-state index in [-0.39, 0.29) is 45.6 Å². The molecule has 12 nitrogen and oxygen atoms in total. The maximum Gasteiger partial charge on any atom is 0.442 e. The number of amides is 1. The van der Waals surface area contributed by atoms with Crippen molar-refractivity contribution < 1.29 is 31.7 Å². The van der Waals surface area contributed by atoms with E-state index in [2.05, 4.69) is 29.7 Å². The van der Waals surface area contributed by atoms with Crippen molar-refractivity contribution in [1.82, 2.24) is 9.97 Å². The molecule has 2 atom stereocenters. The van der Waals surface area contributed by atoms with Gasteiger partial charge in [-0.3, -0.25) is 4.72 Å². The van der Waals surface area contributed by atoms with E-state index in [4.69, 9.17) is 27.9 Å². The fraction of sp³-hybridized carbons (Fsp3) is 0.207. The van der Waals surface area contributed by atoms with Gasteiger partial charge in [0.25, 0.3) is 10.0 Å². The van der Waals surface area contributed by atoms with E-state index in [0.717, 1.165) is 6.07 Å². The van der Waals surface area contributed by atoms with Crippen LogP contribution in [-0.4, -0.2) is 59.3 Å². The number of sulfonamides is 1. The Labute approximate surface area is 275 Å². The third-order valence-corrected chi connectivity index (χ3v) is 10.2. The predicted octanol–water partition coefficient (Wildman–Crippen LogP) is 6.54. The van der Waals surface area contributed by atoms with Crippen LogP contribution < -0.4 is 15.4 Å². The fourth-order valence-electron chi connectivity index (χ4n) is 3.96. The summed E-state index contributed by atoms with van der Waals surface area (Å²) in [6, 6.07) is 13.7. The van der Waals surface area contributed by atoms with Gasteiger partial charge in [0.1, 0.15) is 16.5 Å². The maximum atomic E-state index is 15.3. The molecular formula is C29H29Cl2FN6O6S2. The molecule has 1 unspecified atom stereocenters. The van der Waals surface area contributed by atoms with E-state index < -0.39 is 37.7 Å². The smallest absolute Gasteiger partial charge is 0.442 e. The molecule has 0 bridgehead atoms. The lowest BCUT2D eigenvalue weighted by atomic mass is 10.1. The first kappa shape index (κ1) is 34.8. The summed E-state index contributed by atoms with van der Waals surface area (Å²) in [6.45, 7) is 3.20. The van der Waals surface area contributed by atoms with E-state index >= 15 is 4.39 Å². The second kappa shape index (κ2) is 14.6. The summed E-state index contributed by atoms with van der Waals surface area (Å²) in [5, 5.41) is 15.5. The zero-order chi connectivity index (χ0) is 33.6. The summed E-state index contributed by atoms with van der Waals surface area (Å²) in [5.41, 5.74) is 0.866. The Morgan fingerprint density at radius 3 is 2.48 bits per heavy atom. The van der Waals surface area contributed by atoms with Crippen LogP contribution in [-0.2, 0) is 24.5 Å². The normalized spacial score (nSPS) is 13.3. The van der Waals surface area contributed by atoms with Crippen LogP contribution in [0.5, 0.6) is 0 Å². The summed E-state index contributed by atoms with van der Waals surface area (Å²) in [7, 11) is -7.31. The van der Waals surface area contributed by atoms with Gasteiger partial charge >= 0.3 is 6.09 Å². The quantitative estimate of drug-likeness (QED) is 0.134. The molecule has 244 valence electrons. The van der Waals surface area contributed by atoms with E-state index in [1.54, 1.807) is 26.0 Å². The van der Waals surface area contributed by atoms with Crippen LogP contribution in [0.4, 0.5) is 32.3 Å². The van der Waals surface area contributed by atoms with Crippen LogP contribution in [0.1, 0.15) is 13.8 Å². The number of carbonyl (C=O) groups excluding carboxylic acids is 1. The molecule has 0 saturated carbocycles. The molecule has 17 heteroatoms. The Bertz CT molecular complexity index is 1990. The number of ether oxygens (including phenoxy) is 1. The molecule has 4 aromatic rings. The molecule has 0 spiro atoms. The molecule has 0 saturated heterocycles. The first-order valence-corrected chi connectivity index (χ1v) is 17.7. The van der Waals surface area contributed by atoms with E-state index in [9.17, 15) is 22.5 Å². The molecule has 4 N–H and O–H groups in total. The molecule has 1 amide bonds. The molecule has 0 aliphatic carbocycles. The van der Waals surface area contributed by atoms with Gasteiger partial charge in [-0.15, -0.1) is 4.36 Å². The lowest BCUT2D eigenvalue weighted by Gasteiger charge is -2.17. The molecule has 1 aromatic heterocycles. The maximum absolute atomic E-state index is 15.3. The zero-order valence-corrected chi connectivity index (χ0v) is 27.8. The van der Waals surface area contributed by atoms with Crippen LogP contribution in [0.15, 0.2) is 81.0 Å². The Balaban J connectivity index is 1.60. The SMILES string of the molecule is CCOC(=O)N=S(C)(=O)c1ccc(Nc2ncc(-c3ccc(NS(=O)(=O)c4cccc(Cl)c4Cl)c(F)c3)c(N[C@H](C)CO)n2)cc1. The predicted molar refractivity (Wildman–Crippen MR) is 176 cm³/mol. The fourth-order valence-corrected chi connectivity index (χ4v) is 6.88. The van der Waals surface area contributed by atoms with Crippen LogP contribution in [0.25, 0.3) is 11.1 Å². The van der Waals surface area contributed by atoms with Gasteiger partial charge in [0.15, 0.2) is 0 Å². The van der Waals surface area contributed by atoms with E-state index in [1.165, 1.54) is 54.9 Å². The number of aliphatic hydroxyl groups excluding tert-OH is 1. The standard InChI is InChI=1S/C29H29Cl2FN6O6S2/c1-4-44-29(40)38-45(3,41)20-11-9-19(10-12-20)35-28-33-15-21(27(36-28)34-17(2)16-39)18-8-13-24(23(32)14-18)37-46(42,43)25-7-5-6-22(30)26(25)31/h5-15,17,37,39H,4,16H2,1-3H3,(H2,33,34,35,36)/t17-,45?/m1/s1. The molecular weight excluding hydrogens is 682 g/mol. The van der Waals surface area contributed by atoms with E-state index in [1.807, 2.05) is 0 Å². The molecule has 1 heterocycles. The van der Waals surface area contributed by atoms with E-state index in [0.29, 0.717) is 21.7 Å². The largest absolute Gasteiger partial charge is 0.448 e. The average Bonchev–Trinajstić information content (AvgIpc) is 2.99. The molecule has 0 aliphatic heterocycles. The van der Waals surface area contributed by atoms with Crippen molar-refractivity contribution in [3.05, 3.63) is 82.7 Å². The number of carbonyl (C=O) groups is 1. The van der Waals surface area contributed by atoms with Crippen molar-refractivity contribution in [3.8, 4) is 11.1 Å². The van der Waals surface area contributed by atoms with Gasteiger partial charge < -0.3 is 20.5 Å². The Kier molecular flexibility index (Phi) is 11.1. The number of rotatable bonds is 11.